The molecule has 0 aliphatic heterocycles. The van der Waals surface area contributed by atoms with Gasteiger partial charge in [0.05, 0.1) is 6.42 Å². The number of hydrogen-bond donors (Lipinski definition) is 2. The molecule has 1 rings (SSSR count). The van der Waals surface area contributed by atoms with Gasteiger partial charge in [-0.05, 0) is 19.0 Å². The zero-order valence-electron chi connectivity index (χ0n) is 11.9. The third-order valence-electron chi connectivity index (χ3n) is 2.59. The van der Waals surface area contributed by atoms with Crippen LogP contribution in [0.4, 0.5) is 8.78 Å². The summed E-state index contributed by atoms with van der Waals surface area (Å²) < 4.78 is 28.8. The molecule has 7 heteroatoms. The standard InChI is InChI=1S/C14H20F2N2O2.ClH/c1-2-7-17-8-9-18-13(19)10-11-5-3-4-6-12(11)20-14(15)16;/h3-6,14,17H,2,7-10H2,1H3,(H,18,19);1H. The molecule has 0 spiro atoms. The third kappa shape index (κ3) is 8.47. The van der Waals surface area contributed by atoms with Gasteiger partial charge in [-0.3, -0.25) is 4.79 Å². The van der Waals surface area contributed by atoms with E-state index in [1.807, 2.05) is 0 Å². The molecule has 0 heterocycles. The fourth-order valence-corrected chi connectivity index (χ4v) is 1.69. The molecule has 120 valence electrons. The largest absolute Gasteiger partial charge is 0.435 e. The predicted molar refractivity (Wildman–Crippen MR) is 80.2 cm³/mol. The Kier molecular flexibility index (Phi) is 10.5. The third-order valence-corrected chi connectivity index (χ3v) is 2.59. The molecular formula is C14H21ClF2N2O2. The van der Waals surface area contributed by atoms with E-state index in [4.69, 9.17) is 0 Å². The minimum absolute atomic E-state index is 0. The lowest BCUT2D eigenvalue weighted by atomic mass is 10.1. The molecule has 0 atom stereocenters. The fourth-order valence-electron chi connectivity index (χ4n) is 1.69. The summed E-state index contributed by atoms with van der Waals surface area (Å²) in [7, 11) is 0. The molecule has 0 fully saturated rings. The number of benzene rings is 1. The molecule has 0 aromatic heterocycles. The molecule has 1 aromatic rings. The van der Waals surface area contributed by atoms with Crippen molar-refractivity contribution in [2.24, 2.45) is 0 Å². The van der Waals surface area contributed by atoms with Crippen LogP contribution in [0, 0.1) is 0 Å². The molecule has 1 aromatic carbocycles. The van der Waals surface area contributed by atoms with Gasteiger partial charge in [0.2, 0.25) is 5.91 Å². The highest BCUT2D eigenvalue weighted by molar-refractivity contribution is 5.85. The molecule has 21 heavy (non-hydrogen) atoms. The lowest BCUT2D eigenvalue weighted by molar-refractivity contribution is -0.120. The van der Waals surface area contributed by atoms with Crippen LogP contribution in [0.1, 0.15) is 18.9 Å². The zero-order valence-corrected chi connectivity index (χ0v) is 12.7. The minimum atomic E-state index is -2.89. The molecule has 0 aliphatic rings. The van der Waals surface area contributed by atoms with Crippen molar-refractivity contribution in [3.8, 4) is 5.75 Å². The summed E-state index contributed by atoms with van der Waals surface area (Å²) in [6, 6.07) is 6.31. The Morgan fingerprint density at radius 2 is 1.95 bits per heavy atom. The van der Waals surface area contributed by atoms with Crippen LogP contribution in [0.25, 0.3) is 0 Å². The van der Waals surface area contributed by atoms with E-state index in [9.17, 15) is 13.6 Å². The van der Waals surface area contributed by atoms with Gasteiger partial charge >= 0.3 is 6.61 Å². The second kappa shape index (κ2) is 11.3. The summed E-state index contributed by atoms with van der Waals surface area (Å²) >= 11 is 0. The van der Waals surface area contributed by atoms with Gasteiger partial charge in [0, 0.05) is 18.7 Å². The van der Waals surface area contributed by atoms with Gasteiger partial charge in [0.1, 0.15) is 5.75 Å². The minimum Gasteiger partial charge on any atom is -0.435 e. The smallest absolute Gasteiger partial charge is 0.387 e. The second-order valence-corrected chi connectivity index (χ2v) is 4.26. The van der Waals surface area contributed by atoms with Crippen LogP contribution in [-0.4, -0.2) is 32.2 Å². The second-order valence-electron chi connectivity index (χ2n) is 4.26. The molecule has 1 amide bonds. The van der Waals surface area contributed by atoms with Crippen molar-refractivity contribution in [2.45, 2.75) is 26.4 Å². The summed E-state index contributed by atoms with van der Waals surface area (Å²) in [6.45, 7) is 1.27. The fraction of sp³-hybridized carbons (Fsp3) is 0.500. The Balaban J connectivity index is 0.00000400. The highest BCUT2D eigenvalue weighted by atomic mass is 35.5. The van der Waals surface area contributed by atoms with E-state index in [-0.39, 0.29) is 30.5 Å². The van der Waals surface area contributed by atoms with Gasteiger partial charge in [-0.15, -0.1) is 12.4 Å². The first-order valence-corrected chi connectivity index (χ1v) is 6.63. The normalized spacial score (nSPS) is 10.1. The first-order chi connectivity index (χ1) is 9.63. The van der Waals surface area contributed by atoms with Crippen LogP contribution in [0.2, 0.25) is 0 Å². The molecule has 4 nitrogen and oxygen atoms in total. The van der Waals surface area contributed by atoms with Crippen LogP contribution in [0.3, 0.4) is 0 Å². The van der Waals surface area contributed by atoms with E-state index in [1.54, 1.807) is 18.2 Å². The number of alkyl halides is 2. The number of carbonyl (C=O) groups excluding carboxylic acids is 1. The topological polar surface area (TPSA) is 50.4 Å². The molecular weight excluding hydrogens is 302 g/mol. The van der Waals surface area contributed by atoms with Crippen molar-refractivity contribution in [3.63, 3.8) is 0 Å². The number of para-hydroxylation sites is 1. The van der Waals surface area contributed by atoms with Gasteiger partial charge in [0.15, 0.2) is 0 Å². The number of rotatable bonds is 9. The highest BCUT2D eigenvalue weighted by Gasteiger charge is 2.11. The Morgan fingerprint density at radius 3 is 2.62 bits per heavy atom. The maximum absolute atomic E-state index is 12.2. The van der Waals surface area contributed by atoms with E-state index in [2.05, 4.69) is 22.3 Å². The molecule has 0 saturated carbocycles. The van der Waals surface area contributed by atoms with E-state index in [0.717, 1.165) is 13.0 Å². The molecule has 0 bridgehead atoms. The summed E-state index contributed by atoms with van der Waals surface area (Å²) in [6.07, 6.45) is 1.06. The van der Waals surface area contributed by atoms with Crippen LogP contribution in [-0.2, 0) is 11.2 Å². The highest BCUT2D eigenvalue weighted by Crippen LogP contribution is 2.20. The number of nitrogens with one attached hydrogen (secondary N) is 2. The SMILES string of the molecule is CCCNCCNC(=O)Cc1ccccc1OC(F)F.Cl. The molecule has 0 saturated heterocycles. The Morgan fingerprint density at radius 1 is 1.24 bits per heavy atom. The van der Waals surface area contributed by atoms with E-state index < -0.39 is 6.61 Å². The summed E-state index contributed by atoms with van der Waals surface area (Å²) in [4.78, 5) is 11.7. The maximum Gasteiger partial charge on any atom is 0.387 e. The number of ether oxygens (including phenoxy) is 1. The molecule has 0 unspecified atom stereocenters. The predicted octanol–water partition coefficient (Wildman–Crippen LogP) is 2.37. The first kappa shape index (κ1) is 19.6. The lowest BCUT2D eigenvalue weighted by Crippen LogP contribution is -2.33. The Hall–Kier alpha value is -1.40. The van der Waals surface area contributed by atoms with Crippen molar-refractivity contribution in [3.05, 3.63) is 29.8 Å². The van der Waals surface area contributed by atoms with Gasteiger partial charge in [-0.1, -0.05) is 25.1 Å². The first-order valence-electron chi connectivity index (χ1n) is 6.63. The van der Waals surface area contributed by atoms with E-state index in [1.165, 1.54) is 6.07 Å². The number of amides is 1. The van der Waals surface area contributed by atoms with Crippen molar-refractivity contribution in [1.29, 1.82) is 0 Å². The maximum atomic E-state index is 12.2. The van der Waals surface area contributed by atoms with Crippen molar-refractivity contribution in [1.82, 2.24) is 10.6 Å². The van der Waals surface area contributed by atoms with Crippen LogP contribution < -0.4 is 15.4 Å². The number of halogens is 3. The monoisotopic (exact) mass is 322 g/mol. The van der Waals surface area contributed by atoms with E-state index >= 15 is 0 Å². The Bertz CT molecular complexity index is 420. The van der Waals surface area contributed by atoms with Gasteiger partial charge < -0.3 is 15.4 Å². The van der Waals surface area contributed by atoms with Crippen LogP contribution >= 0.6 is 12.4 Å². The summed E-state index contributed by atoms with van der Waals surface area (Å²) in [5.41, 5.74) is 0.451. The summed E-state index contributed by atoms with van der Waals surface area (Å²) in [5.74, 6) is -0.171. The lowest BCUT2D eigenvalue weighted by Gasteiger charge is -2.11. The average Bonchev–Trinajstić information content (AvgIpc) is 2.40. The Labute approximate surface area is 129 Å². The van der Waals surface area contributed by atoms with E-state index in [0.29, 0.717) is 18.7 Å². The molecule has 2 N–H and O–H groups in total. The van der Waals surface area contributed by atoms with Crippen LogP contribution in [0.15, 0.2) is 24.3 Å². The summed E-state index contributed by atoms with van der Waals surface area (Å²) in [5, 5.41) is 5.88. The van der Waals surface area contributed by atoms with Gasteiger partial charge in [-0.25, -0.2) is 0 Å². The van der Waals surface area contributed by atoms with Crippen molar-refractivity contribution in [2.75, 3.05) is 19.6 Å². The van der Waals surface area contributed by atoms with Gasteiger partial charge in [0.25, 0.3) is 0 Å². The number of hydrogen-bond acceptors (Lipinski definition) is 3. The average molecular weight is 323 g/mol. The van der Waals surface area contributed by atoms with Crippen molar-refractivity contribution >= 4 is 18.3 Å². The number of carbonyl (C=O) groups is 1. The van der Waals surface area contributed by atoms with Crippen molar-refractivity contribution < 1.29 is 18.3 Å². The van der Waals surface area contributed by atoms with Crippen LogP contribution in [0.5, 0.6) is 5.75 Å². The molecule has 0 aliphatic carbocycles. The van der Waals surface area contributed by atoms with Gasteiger partial charge in [-0.2, -0.15) is 8.78 Å². The molecule has 0 radical (unpaired) electrons. The quantitative estimate of drug-likeness (QED) is 0.686. The zero-order chi connectivity index (χ0) is 14.8.